The molecule has 13 heavy (non-hydrogen) atoms. The van der Waals surface area contributed by atoms with Gasteiger partial charge in [-0.05, 0) is 12.8 Å². The van der Waals surface area contributed by atoms with Crippen LogP contribution in [-0.4, -0.2) is 24.7 Å². The Bertz CT molecular complexity index is 197. The number of ether oxygens (including phenoxy) is 1. The molecular formula is C8H13F2NO2. The number of hydrogen-bond acceptors (Lipinski definition) is 2. The quantitative estimate of drug-likeness (QED) is 0.743. The van der Waals surface area contributed by atoms with E-state index in [9.17, 15) is 13.6 Å². The van der Waals surface area contributed by atoms with Crippen molar-refractivity contribution in [2.45, 2.75) is 38.2 Å². The monoisotopic (exact) mass is 193 g/mol. The minimum atomic E-state index is -2.82. The molecule has 0 aliphatic heterocycles. The molecule has 1 atom stereocenters. The first kappa shape index (κ1) is 10.2. The molecule has 3 nitrogen and oxygen atoms in total. The minimum Gasteiger partial charge on any atom is -0.440 e. The van der Waals surface area contributed by atoms with E-state index in [1.165, 1.54) is 0 Å². The van der Waals surface area contributed by atoms with Gasteiger partial charge in [-0.2, -0.15) is 0 Å². The lowest BCUT2D eigenvalue weighted by Crippen LogP contribution is -2.48. The van der Waals surface area contributed by atoms with Crippen LogP contribution >= 0.6 is 0 Å². The van der Waals surface area contributed by atoms with E-state index in [-0.39, 0.29) is 12.8 Å². The van der Waals surface area contributed by atoms with Gasteiger partial charge in [-0.1, -0.05) is 6.92 Å². The SMILES string of the molecule is CCCNC(=O)O[C@H]1CCC1(F)F. The van der Waals surface area contributed by atoms with Crippen molar-refractivity contribution < 1.29 is 18.3 Å². The van der Waals surface area contributed by atoms with Gasteiger partial charge < -0.3 is 10.1 Å². The van der Waals surface area contributed by atoms with Crippen molar-refractivity contribution in [2.24, 2.45) is 0 Å². The minimum absolute atomic E-state index is 0.182. The Hall–Kier alpha value is -0.870. The van der Waals surface area contributed by atoms with Crippen molar-refractivity contribution in [3.8, 4) is 0 Å². The fraction of sp³-hybridized carbons (Fsp3) is 0.875. The summed E-state index contributed by atoms with van der Waals surface area (Å²) in [6, 6.07) is 0. The number of alkyl carbamates (subject to hydrolysis) is 1. The van der Waals surface area contributed by atoms with E-state index in [1.54, 1.807) is 0 Å². The molecule has 5 heteroatoms. The zero-order valence-corrected chi connectivity index (χ0v) is 7.48. The molecule has 0 bridgehead atoms. The number of alkyl halides is 2. The van der Waals surface area contributed by atoms with Crippen LogP contribution in [0.4, 0.5) is 13.6 Å². The number of carbonyl (C=O) groups excluding carboxylic acids is 1. The third kappa shape index (κ3) is 2.54. The summed E-state index contributed by atoms with van der Waals surface area (Å²) in [7, 11) is 0. The summed E-state index contributed by atoms with van der Waals surface area (Å²) in [5.41, 5.74) is 0. The zero-order chi connectivity index (χ0) is 9.90. The van der Waals surface area contributed by atoms with Crippen LogP contribution in [0.3, 0.4) is 0 Å². The summed E-state index contributed by atoms with van der Waals surface area (Å²) in [4.78, 5) is 10.8. The molecule has 0 aromatic carbocycles. The lowest BCUT2D eigenvalue weighted by molar-refractivity contribution is -0.175. The lowest BCUT2D eigenvalue weighted by atomic mass is 9.91. The largest absolute Gasteiger partial charge is 0.440 e. The van der Waals surface area contributed by atoms with Gasteiger partial charge in [0.2, 0.25) is 0 Å². The van der Waals surface area contributed by atoms with Crippen molar-refractivity contribution in [3.63, 3.8) is 0 Å². The first-order chi connectivity index (χ1) is 6.06. The van der Waals surface area contributed by atoms with E-state index < -0.39 is 18.1 Å². The van der Waals surface area contributed by atoms with Crippen LogP contribution in [0.1, 0.15) is 26.2 Å². The van der Waals surface area contributed by atoms with Crippen LogP contribution in [0.15, 0.2) is 0 Å². The zero-order valence-electron chi connectivity index (χ0n) is 7.48. The fourth-order valence-corrected chi connectivity index (χ4v) is 1.02. The highest BCUT2D eigenvalue weighted by atomic mass is 19.3. The predicted octanol–water partition coefficient (Wildman–Crippen LogP) is 1.92. The average Bonchev–Trinajstić information content (AvgIpc) is 2.09. The maximum Gasteiger partial charge on any atom is 0.407 e. The van der Waals surface area contributed by atoms with Crippen LogP contribution in [0.2, 0.25) is 0 Å². The molecule has 1 saturated carbocycles. The first-order valence-corrected chi connectivity index (χ1v) is 4.38. The number of carbonyl (C=O) groups is 1. The Kier molecular flexibility index (Phi) is 3.06. The maximum atomic E-state index is 12.6. The second-order valence-corrected chi connectivity index (χ2v) is 3.12. The third-order valence-electron chi connectivity index (χ3n) is 1.98. The highest BCUT2D eigenvalue weighted by Crippen LogP contribution is 2.39. The molecule has 1 amide bonds. The number of hydrogen-bond donors (Lipinski definition) is 1. The topological polar surface area (TPSA) is 38.3 Å². The van der Waals surface area contributed by atoms with Crippen LogP contribution in [-0.2, 0) is 4.74 Å². The standard InChI is InChI=1S/C8H13F2NO2/c1-2-5-11-7(12)13-6-3-4-8(6,9)10/h6H,2-5H2,1H3,(H,11,12)/t6-/m0/s1. The van der Waals surface area contributed by atoms with Gasteiger partial charge in [-0.25, -0.2) is 13.6 Å². The Morgan fingerprint density at radius 3 is 2.77 bits per heavy atom. The Morgan fingerprint density at radius 2 is 2.38 bits per heavy atom. The molecule has 1 aliphatic carbocycles. The van der Waals surface area contributed by atoms with Crippen molar-refractivity contribution >= 4 is 6.09 Å². The molecule has 1 N–H and O–H groups in total. The highest BCUT2D eigenvalue weighted by molar-refractivity contribution is 5.67. The molecule has 0 saturated heterocycles. The van der Waals surface area contributed by atoms with Gasteiger partial charge in [0.15, 0.2) is 6.10 Å². The summed E-state index contributed by atoms with van der Waals surface area (Å²) in [6.07, 6.45) is -1.13. The average molecular weight is 193 g/mol. The van der Waals surface area contributed by atoms with E-state index in [1.807, 2.05) is 6.92 Å². The second kappa shape index (κ2) is 3.89. The summed E-state index contributed by atoms with van der Waals surface area (Å²) < 4.78 is 29.7. The Labute approximate surface area is 75.4 Å². The number of halogens is 2. The van der Waals surface area contributed by atoms with Crippen molar-refractivity contribution in [3.05, 3.63) is 0 Å². The number of rotatable bonds is 3. The smallest absolute Gasteiger partial charge is 0.407 e. The summed E-state index contributed by atoms with van der Waals surface area (Å²) in [6.45, 7) is 2.33. The van der Waals surface area contributed by atoms with Gasteiger partial charge in [0.05, 0.1) is 0 Å². The van der Waals surface area contributed by atoms with E-state index in [4.69, 9.17) is 0 Å². The van der Waals surface area contributed by atoms with Gasteiger partial charge in [0.25, 0.3) is 5.92 Å². The lowest BCUT2D eigenvalue weighted by Gasteiger charge is -2.35. The van der Waals surface area contributed by atoms with Gasteiger partial charge >= 0.3 is 6.09 Å². The van der Waals surface area contributed by atoms with Crippen molar-refractivity contribution in [1.82, 2.24) is 5.32 Å². The fourth-order valence-electron chi connectivity index (χ4n) is 1.02. The normalized spacial score (nSPS) is 24.7. The Balaban J connectivity index is 2.21. The van der Waals surface area contributed by atoms with Gasteiger partial charge in [0, 0.05) is 13.0 Å². The van der Waals surface area contributed by atoms with Crippen molar-refractivity contribution in [1.29, 1.82) is 0 Å². The van der Waals surface area contributed by atoms with E-state index in [2.05, 4.69) is 10.1 Å². The molecule has 0 radical (unpaired) electrons. The van der Waals surface area contributed by atoms with Gasteiger partial charge in [0.1, 0.15) is 0 Å². The molecule has 1 fully saturated rings. The molecule has 0 aromatic rings. The molecule has 0 heterocycles. The highest BCUT2D eigenvalue weighted by Gasteiger charge is 2.51. The number of amides is 1. The van der Waals surface area contributed by atoms with E-state index >= 15 is 0 Å². The molecule has 0 unspecified atom stereocenters. The first-order valence-electron chi connectivity index (χ1n) is 4.38. The molecule has 0 aromatic heterocycles. The van der Waals surface area contributed by atoms with E-state index in [0.29, 0.717) is 6.54 Å². The predicted molar refractivity (Wildman–Crippen MR) is 42.7 cm³/mol. The number of nitrogens with one attached hydrogen (secondary N) is 1. The molecule has 1 aliphatic rings. The van der Waals surface area contributed by atoms with Crippen LogP contribution in [0.5, 0.6) is 0 Å². The summed E-state index contributed by atoms with van der Waals surface area (Å²) in [5, 5.41) is 2.37. The molecule has 0 spiro atoms. The molecule has 1 rings (SSSR count). The summed E-state index contributed by atoms with van der Waals surface area (Å²) in [5.74, 6) is -2.82. The Morgan fingerprint density at radius 1 is 1.69 bits per heavy atom. The molecule has 76 valence electrons. The van der Waals surface area contributed by atoms with Gasteiger partial charge in [-0.15, -0.1) is 0 Å². The van der Waals surface area contributed by atoms with E-state index in [0.717, 1.165) is 6.42 Å². The maximum absolute atomic E-state index is 12.6. The summed E-state index contributed by atoms with van der Waals surface area (Å²) >= 11 is 0. The second-order valence-electron chi connectivity index (χ2n) is 3.12. The van der Waals surface area contributed by atoms with Crippen LogP contribution in [0, 0.1) is 0 Å². The van der Waals surface area contributed by atoms with Crippen LogP contribution in [0.25, 0.3) is 0 Å². The van der Waals surface area contributed by atoms with Gasteiger partial charge in [-0.3, -0.25) is 0 Å². The van der Waals surface area contributed by atoms with Crippen LogP contribution < -0.4 is 5.32 Å². The molecular weight excluding hydrogens is 180 g/mol. The van der Waals surface area contributed by atoms with Crippen molar-refractivity contribution in [2.75, 3.05) is 6.54 Å². The third-order valence-corrected chi connectivity index (χ3v) is 1.98.